The first-order valence-electron chi connectivity index (χ1n) is 4.91. The molecule has 0 aromatic rings. The molecular weight excluding hydrogens is 198 g/mol. The van der Waals surface area contributed by atoms with Gasteiger partial charge in [0.1, 0.15) is 0 Å². The summed E-state index contributed by atoms with van der Waals surface area (Å²) in [5.41, 5.74) is 2.55. The van der Waals surface area contributed by atoms with E-state index in [1.54, 1.807) is 0 Å². The van der Waals surface area contributed by atoms with Gasteiger partial charge in [0.15, 0.2) is 5.11 Å². The maximum absolute atomic E-state index is 5.60. The fourth-order valence-corrected chi connectivity index (χ4v) is 1.96. The first kappa shape index (κ1) is 11.7. The van der Waals surface area contributed by atoms with Gasteiger partial charge in [-0.2, -0.15) is 0 Å². The van der Waals surface area contributed by atoms with Crippen molar-refractivity contribution in [1.29, 1.82) is 0 Å². The van der Waals surface area contributed by atoms with Gasteiger partial charge in [0.2, 0.25) is 0 Å². The third-order valence-electron chi connectivity index (χ3n) is 2.98. The maximum Gasteiger partial charge on any atom is 0.180 e. The minimum absolute atomic E-state index is 0.122. The summed E-state index contributed by atoms with van der Waals surface area (Å²) in [5.74, 6) is 5.20. The molecule has 5 heteroatoms. The number of hydrogen-bond donors (Lipinski definition) is 3. The van der Waals surface area contributed by atoms with Crippen LogP contribution in [0.2, 0.25) is 0 Å². The number of hydrazine groups is 1. The van der Waals surface area contributed by atoms with Crippen molar-refractivity contribution in [3.63, 3.8) is 0 Å². The molecule has 0 aromatic heterocycles. The van der Waals surface area contributed by atoms with E-state index in [0.717, 1.165) is 13.0 Å². The normalized spacial score (nSPS) is 29.1. The molecule has 0 aliphatic heterocycles. The highest BCUT2D eigenvalue weighted by atomic mass is 32.1. The van der Waals surface area contributed by atoms with Gasteiger partial charge < -0.3 is 15.5 Å². The van der Waals surface area contributed by atoms with Crippen molar-refractivity contribution < 1.29 is 4.74 Å². The van der Waals surface area contributed by atoms with Gasteiger partial charge >= 0.3 is 0 Å². The Morgan fingerprint density at radius 2 is 2.29 bits per heavy atom. The Labute approximate surface area is 90.5 Å². The van der Waals surface area contributed by atoms with Crippen LogP contribution in [-0.4, -0.2) is 23.9 Å². The van der Waals surface area contributed by atoms with E-state index in [-0.39, 0.29) is 5.41 Å². The average Bonchev–Trinajstić information content (AvgIpc) is 2.16. The van der Waals surface area contributed by atoms with E-state index < -0.39 is 0 Å². The third-order valence-corrected chi connectivity index (χ3v) is 3.22. The fraction of sp³-hybridized carbons (Fsp3) is 0.889. The summed E-state index contributed by atoms with van der Waals surface area (Å²) in [6.07, 6.45) is 1.31. The zero-order valence-electron chi connectivity index (χ0n) is 8.96. The topological polar surface area (TPSA) is 59.3 Å². The molecule has 1 aliphatic rings. The van der Waals surface area contributed by atoms with E-state index >= 15 is 0 Å². The molecule has 82 valence electrons. The molecule has 14 heavy (non-hydrogen) atoms. The SMILES string of the molecule is CCOC1CC(NC(=S)NN)C1(C)C. The zero-order valence-corrected chi connectivity index (χ0v) is 9.78. The summed E-state index contributed by atoms with van der Waals surface area (Å²) in [5, 5.41) is 3.66. The summed E-state index contributed by atoms with van der Waals surface area (Å²) in [6.45, 7) is 7.13. The second-order valence-corrected chi connectivity index (χ2v) is 4.58. The van der Waals surface area contributed by atoms with Crippen molar-refractivity contribution in [3.8, 4) is 0 Å². The highest BCUT2D eigenvalue weighted by Crippen LogP contribution is 2.42. The second-order valence-electron chi connectivity index (χ2n) is 4.17. The summed E-state index contributed by atoms with van der Waals surface area (Å²) >= 11 is 4.95. The molecule has 2 unspecified atom stereocenters. The van der Waals surface area contributed by atoms with E-state index in [1.807, 2.05) is 6.92 Å². The standard InChI is InChI=1S/C9H19N3OS/c1-4-13-7-5-6(9(7,2)3)11-8(14)12-10/h6-7H,4-5,10H2,1-3H3,(H2,11,12,14). The predicted molar refractivity (Wildman–Crippen MR) is 60.7 cm³/mol. The molecule has 1 rings (SSSR count). The van der Waals surface area contributed by atoms with Crippen LogP contribution >= 0.6 is 12.2 Å². The zero-order chi connectivity index (χ0) is 10.8. The molecule has 1 saturated carbocycles. The van der Waals surface area contributed by atoms with Crippen LogP contribution in [0.1, 0.15) is 27.2 Å². The van der Waals surface area contributed by atoms with Crippen LogP contribution in [0.25, 0.3) is 0 Å². The Kier molecular flexibility index (Phi) is 3.69. The maximum atomic E-state index is 5.60. The lowest BCUT2D eigenvalue weighted by Gasteiger charge is -2.51. The van der Waals surface area contributed by atoms with Crippen LogP contribution < -0.4 is 16.6 Å². The molecule has 0 aromatic carbocycles. The Morgan fingerprint density at radius 3 is 2.71 bits per heavy atom. The van der Waals surface area contributed by atoms with E-state index in [9.17, 15) is 0 Å². The lowest BCUT2D eigenvalue weighted by molar-refractivity contribution is -0.109. The molecule has 2 atom stereocenters. The molecule has 0 radical (unpaired) electrons. The van der Waals surface area contributed by atoms with Gasteiger partial charge in [-0.25, -0.2) is 5.84 Å². The van der Waals surface area contributed by atoms with Crippen LogP contribution in [0.15, 0.2) is 0 Å². The van der Waals surface area contributed by atoms with Crippen molar-refractivity contribution in [3.05, 3.63) is 0 Å². The molecule has 0 spiro atoms. The molecule has 0 heterocycles. The van der Waals surface area contributed by atoms with Gasteiger partial charge in [0.05, 0.1) is 6.10 Å². The predicted octanol–water partition coefficient (Wildman–Crippen LogP) is 0.528. The van der Waals surface area contributed by atoms with E-state index in [1.165, 1.54) is 0 Å². The molecule has 1 fully saturated rings. The number of rotatable bonds is 3. The number of nitrogens with one attached hydrogen (secondary N) is 2. The highest BCUT2D eigenvalue weighted by Gasteiger charge is 2.49. The van der Waals surface area contributed by atoms with Crippen LogP contribution in [0, 0.1) is 5.41 Å². The van der Waals surface area contributed by atoms with E-state index in [2.05, 4.69) is 24.6 Å². The smallest absolute Gasteiger partial charge is 0.180 e. The quantitative estimate of drug-likeness (QED) is 0.366. The molecule has 0 bridgehead atoms. The summed E-state index contributed by atoms with van der Waals surface area (Å²) in [4.78, 5) is 0. The third kappa shape index (κ3) is 2.16. The molecule has 0 saturated heterocycles. The van der Waals surface area contributed by atoms with E-state index in [0.29, 0.717) is 17.3 Å². The van der Waals surface area contributed by atoms with Gasteiger partial charge in [0, 0.05) is 18.1 Å². The van der Waals surface area contributed by atoms with Crippen LogP contribution in [0.5, 0.6) is 0 Å². The van der Waals surface area contributed by atoms with Crippen LogP contribution in [-0.2, 0) is 4.74 Å². The van der Waals surface area contributed by atoms with Crippen molar-refractivity contribution in [2.45, 2.75) is 39.3 Å². The Hall–Kier alpha value is -0.390. The van der Waals surface area contributed by atoms with Crippen molar-refractivity contribution in [2.24, 2.45) is 11.3 Å². The number of ether oxygens (including phenoxy) is 1. The summed E-state index contributed by atoms with van der Waals surface area (Å²) in [6, 6.07) is 0.350. The molecular formula is C9H19N3OS. The van der Waals surface area contributed by atoms with Gasteiger partial charge in [-0.05, 0) is 25.6 Å². The van der Waals surface area contributed by atoms with Gasteiger partial charge in [-0.15, -0.1) is 0 Å². The number of thiocarbonyl (C=S) groups is 1. The van der Waals surface area contributed by atoms with Crippen molar-refractivity contribution in [1.82, 2.24) is 10.7 Å². The van der Waals surface area contributed by atoms with Crippen molar-refractivity contribution >= 4 is 17.3 Å². The Balaban J connectivity index is 2.42. The molecule has 0 amide bonds. The Morgan fingerprint density at radius 1 is 1.64 bits per heavy atom. The average molecular weight is 217 g/mol. The minimum Gasteiger partial charge on any atom is -0.378 e. The van der Waals surface area contributed by atoms with Gasteiger partial charge in [-0.3, -0.25) is 0 Å². The molecule has 1 aliphatic carbocycles. The van der Waals surface area contributed by atoms with Crippen molar-refractivity contribution in [2.75, 3.05) is 6.61 Å². The van der Waals surface area contributed by atoms with E-state index in [4.69, 9.17) is 22.8 Å². The monoisotopic (exact) mass is 217 g/mol. The summed E-state index contributed by atoms with van der Waals surface area (Å²) in [7, 11) is 0. The lowest BCUT2D eigenvalue weighted by Crippen LogP contribution is -2.63. The van der Waals surface area contributed by atoms with Crippen LogP contribution in [0.3, 0.4) is 0 Å². The number of nitrogens with two attached hydrogens (primary N) is 1. The van der Waals surface area contributed by atoms with Gasteiger partial charge in [0.25, 0.3) is 0 Å². The Bertz CT molecular complexity index is 220. The largest absolute Gasteiger partial charge is 0.378 e. The first-order chi connectivity index (χ1) is 6.52. The molecule has 4 nitrogen and oxygen atoms in total. The second kappa shape index (κ2) is 4.42. The molecule has 4 N–H and O–H groups in total. The first-order valence-corrected chi connectivity index (χ1v) is 5.32. The lowest BCUT2D eigenvalue weighted by atomic mass is 9.64. The fourth-order valence-electron chi connectivity index (χ4n) is 1.81. The highest BCUT2D eigenvalue weighted by molar-refractivity contribution is 7.80. The van der Waals surface area contributed by atoms with Gasteiger partial charge in [-0.1, -0.05) is 13.8 Å². The minimum atomic E-state index is 0.122. The van der Waals surface area contributed by atoms with Crippen LogP contribution in [0.4, 0.5) is 0 Å². The number of hydrogen-bond acceptors (Lipinski definition) is 3. The summed E-state index contributed by atoms with van der Waals surface area (Å²) < 4.78 is 5.60.